The summed E-state index contributed by atoms with van der Waals surface area (Å²) in [6.45, 7) is 0.895. The fourth-order valence-corrected chi connectivity index (χ4v) is 3.09. The highest BCUT2D eigenvalue weighted by molar-refractivity contribution is 5.37. The molecule has 0 spiro atoms. The van der Waals surface area contributed by atoms with Gasteiger partial charge < -0.3 is 15.0 Å². The zero-order valence-corrected chi connectivity index (χ0v) is 11.5. The van der Waals surface area contributed by atoms with Crippen LogP contribution in [0.3, 0.4) is 0 Å². The molecule has 0 radical (unpaired) electrons. The molecule has 2 heterocycles. The smallest absolute Gasteiger partial charge is 0.123 e. The number of nitrogens with two attached hydrogens (primary N) is 1. The molecule has 1 aliphatic heterocycles. The normalized spacial score (nSPS) is 22.4. The number of fused-ring (bicyclic) bond motifs is 1. The zero-order chi connectivity index (χ0) is 13.5. The van der Waals surface area contributed by atoms with E-state index in [-0.39, 0.29) is 12.1 Å². The molecule has 3 heteroatoms. The molecule has 1 aromatic heterocycles. The number of hydrogen-bond donors (Lipinski definition) is 1. The standard InChI is InChI=1S/C17H20N2O/c18-17(12-5-6-12)14-7-8-19(10-14)11-15-9-13-3-1-2-4-16(13)20-15/h1-4,7-8,10,12,15,17H,5-6,9,11,18H2. The van der Waals surface area contributed by atoms with Gasteiger partial charge in [-0.05, 0) is 42.0 Å². The Morgan fingerprint density at radius 3 is 2.90 bits per heavy atom. The van der Waals surface area contributed by atoms with E-state index in [0.29, 0.717) is 5.92 Å². The van der Waals surface area contributed by atoms with E-state index in [0.717, 1.165) is 18.7 Å². The first kappa shape index (κ1) is 12.0. The summed E-state index contributed by atoms with van der Waals surface area (Å²) in [6.07, 6.45) is 8.13. The average Bonchev–Trinajstić information content (AvgIpc) is 3.07. The molecule has 1 saturated carbocycles. The highest BCUT2D eigenvalue weighted by Crippen LogP contribution is 2.39. The van der Waals surface area contributed by atoms with Gasteiger partial charge in [0.2, 0.25) is 0 Å². The fourth-order valence-electron chi connectivity index (χ4n) is 3.09. The third-order valence-electron chi connectivity index (χ3n) is 4.42. The Bertz CT molecular complexity index is 590. The van der Waals surface area contributed by atoms with Crippen molar-refractivity contribution in [1.29, 1.82) is 0 Å². The van der Waals surface area contributed by atoms with Gasteiger partial charge in [-0.1, -0.05) is 18.2 Å². The van der Waals surface area contributed by atoms with Gasteiger partial charge in [-0.2, -0.15) is 0 Å². The number of aromatic nitrogens is 1. The number of hydrogen-bond acceptors (Lipinski definition) is 2. The van der Waals surface area contributed by atoms with Crippen LogP contribution in [0, 0.1) is 5.92 Å². The van der Waals surface area contributed by atoms with Gasteiger partial charge in [0.05, 0.1) is 6.54 Å². The molecule has 2 aliphatic rings. The second kappa shape index (κ2) is 4.67. The van der Waals surface area contributed by atoms with E-state index >= 15 is 0 Å². The van der Waals surface area contributed by atoms with E-state index in [9.17, 15) is 0 Å². The maximum absolute atomic E-state index is 6.25. The maximum Gasteiger partial charge on any atom is 0.123 e. The van der Waals surface area contributed by atoms with E-state index in [2.05, 4.69) is 41.2 Å². The average molecular weight is 268 g/mol. The molecule has 4 rings (SSSR count). The minimum atomic E-state index is 0.220. The SMILES string of the molecule is NC(c1ccn(CC2Cc3ccccc3O2)c1)C1CC1. The second-order valence-electron chi connectivity index (χ2n) is 6.06. The largest absolute Gasteiger partial charge is 0.488 e. The summed E-state index contributed by atoms with van der Waals surface area (Å²) in [6, 6.07) is 10.7. The van der Waals surface area contributed by atoms with E-state index in [1.54, 1.807) is 0 Å². The second-order valence-corrected chi connectivity index (χ2v) is 6.06. The van der Waals surface area contributed by atoms with Crippen molar-refractivity contribution < 1.29 is 4.74 Å². The molecule has 0 saturated heterocycles. The summed E-state index contributed by atoms with van der Waals surface area (Å²) in [5, 5.41) is 0. The van der Waals surface area contributed by atoms with Crippen LogP contribution in [0.1, 0.15) is 30.0 Å². The summed E-state index contributed by atoms with van der Waals surface area (Å²) in [4.78, 5) is 0. The van der Waals surface area contributed by atoms with E-state index in [1.807, 2.05) is 6.07 Å². The van der Waals surface area contributed by atoms with Crippen molar-refractivity contribution in [2.45, 2.75) is 38.0 Å². The van der Waals surface area contributed by atoms with Gasteiger partial charge in [0, 0.05) is 24.9 Å². The van der Waals surface area contributed by atoms with Crippen LogP contribution in [0.25, 0.3) is 0 Å². The van der Waals surface area contributed by atoms with Crippen LogP contribution in [0.2, 0.25) is 0 Å². The van der Waals surface area contributed by atoms with Crippen molar-refractivity contribution in [3.8, 4) is 5.75 Å². The molecule has 1 aromatic carbocycles. The van der Waals surface area contributed by atoms with Crippen LogP contribution in [-0.4, -0.2) is 10.7 Å². The van der Waals surface area contributed by atoms with Gasteiger partial charge >= 0.3 is 0 Å². The van der Waals surface area contributed by atoms with Gasteiger partial charge in [0.1, 0.15) is 11.9 Å². The van der Waals surface area contributed by atoms with Gasteiger partial charge in [0.25, 0.3) is 0 Å². The lowest BCUT2D eigenvalue weighted by molar-refractivity contribution is 0.209. The van der Waals surface area contributed by atoms with E-state index < -0.39 is 0 Å². The van der Waals surface area contributed by atoms with Crippen LogP contribution in [0.15, 0.2) is 42.7 Å². The third kappa shape index (κ3) is 2.22. The lowest BCUT2D eigenvalue weighted by Crippen LogP contribution is -2.20. The minimum absolute atomic E-state index is 0.220. The molecule has 1 aliphatic carbocycles. The number of ether oxygens (including phenoxy) is 1. The summed E-state index contributed by atoms with van der Waals surface area (Å²) in [5.74, 6) is 1.75. The molecule has 2 atom stereocenters. The minimum Gasteiger partial charge on any atom is -0.488 e. The topological polar surface area (TPSA) is 40.2 Å². The molecule has 2 aromatic rings. The molecular weight excluding hydrogens is 248 g/mol. The quantitative estimate of drug-likeness (QED) is 0.926. The van der Waals surface area contributed by atoms with Crippen LogP contribution in [0.4, 0.5) is 0 Å². The van der Waals surface area contributed by atoms with Crippen molar-refractivity contribution in [2.75, 3.05) is 0 Å². The molecule has 2 unspecified atom stereocenters. The first-order chi connectivity index (χ1) is 9.79. The Morgan fingerprint density at radius 1 is 1.25 bits per heavy atom. The van der Waals surface area contributed by atoms with Crippen LogP contribution in [-0.2, 0) is 13.0 Å². The fraction of sp³-hybridized carbons (Fsp3) is 0.412. The van der Waals surface area contributed by atoms with Crippen molar-refractivity contribution in [3.63, 3.8) is 0 Å². The van der Waals surface area contributed by atoms with Crippen molar-refractivity contribution in [1.82, 2.24) is 4.57 Å². The van der Waals surface area contributed by atoms with Gasteiger partial charge in [-0.15, -0.1) is 0 Å². The molecular formula is C17H20N2O. The highest BCUT2D eigenvalue weighted by Gasteiger charge is 2.30. The summed E-state index contributed by atoms with van der Waals surface area (Å²) < 4.78 is 8.20. The monoisotopic (exact) mass is 268 g/mol. The van der Waals surface area contributed by atoms with E-state index in [4.69, 9.17) is 10.5 Å². The lowest BCUT2D eigenvalue weighted by Gasteiger charge is -2.12. The Morgan fingerprint density at radius 2 is 2.10 bits per heavy atom. The predicted octanol–water partition coefficient (Wildman–Crippen LogP) is 2.90. The third-order valence-corrected chi connectivity index (χ3v) is 4.42. The van der Waals surface area contributed by atoms with Gasteiger partial charge in [0.15, 0.2) is 0 Å². The Kier molecular flexibility index (Phi) is 2.81. The number of nitrogens with zero attached hydrogens (tertiary/aromatic N) is 1. The molecule has 3 nitrogen and oxygen atoms in total. The molecule has 1 fully saturated rings. The zero-order valence-electron chi connectivity index (χ0n) is 11.5. The molecule has 0 amide bonds. The van der Waals surface area contributed by atoms with Crippen molar-refractivity contribution in [3.05, 3.63) is 53.9 Å². The number of rotatable bonds is 4. The van der Waals surface area contributed by atoms with Crippen LogP contribution in [0.5, 0.6) is 5.75 Å². The Labute approximate surface area is 119 Å². The number of para-hydroxylation sites is 1. The first-order valence-electron chi connectivity index (χ1n) is 7.45. The molecule has 20 heavy (non-hydrogen) atoms. The summed E-state index contributed by atoms with van der Waals surface area (Å²) in [5.41, 5.74) is 8.83. The molecule has 2 N–H and O–H groups in total. The lowest BCUT2D eigenvalue weighted by atomic mass is 10.1. The van der Waals surface area contributed by atoms with E-state index in [1.165, 1.54) is 24.0 Å². The Hall–Kier alpha value is -1.74. The van der Waals surface area contributed by atoms with Gasteiger partial charge in [-0.25, -0.2) is 0 Å². The molecule has 104 valence electrons. The maximum atomic E-state index is 6.25. The van der Waals surface area contributed by atoms with Gasteiger partial charge in [-0.3, -0.25) is 0 Å². The van der Waals surface area contributed by atoms with Crippen LogP contribution < -0.4 is 10.5 Å². The summed E-state index contributed by atoms with van der Waals surface area (Å²) >= 11 is 0. The van der Waals surface area contributed by atoms with Crippen LogP contribution >= 0.6 is 0 Å². The number of benzene rings is 1. The van der Waals surface area contributed by atoms with Crippen molar-refractivity contribution >= 4 is 0 Å². The van der Waals surface area contributed by atoms with Crippen molar-refractivity contribution in [2.24, 2.45) is 11.7 Å². The first-order valence-corrected chi connectivity index (χ1v) is 7.45. The predicted molar refractivity (Wildman–Crippen MR) is 78.6 cm³/mol. The molecule has 0 bridgehead atoms. The highest BCUT2D eigenvalue weighted by atomic mass is 16.5. The summed E-state index contributed by atoms with van der Waals surface area (Å²) in [7, 11) is 0. The Balaban J connectivity index is 1.43.